The van der Waals surface area contributed by atoms with Crippen LogP contribution in [0.4, 0.5) is 0 Å². The summed E-state index contributed by atoms with van der Waals surface area (Å²) in [5.74, 6) is -1.17. The minimum Gasteiger partial charge on any atom is -0.363 e. The Kier molecular flexibility index (Phi) is 4.17. The predicted octanol–water partition coefficient (Wildman–Crippen LogP) is 2.24. The molecule has 1 atom stereocenters. The molecule has 0 bridgehead atoms. The highest BCUT2D eigenvalue weighted by molar-refractivity contribution is 4.63. The van der Waals surface area contributed by atoms with Gasteiger partial charge in [0.15, 0.2) is 5.79 Å². The van der Waals surface area contributed by atoms with Crippen molar-refractivity contribution >= 4 is 0 Å². The lowest BCUT2D eigenvalue weighted by Gasteiger charge is -2.27. The summed E-state index contributed by atoms with van der Waals surface area (Å²) >= 11 is 0. The van der Waals surface area contributed by atoms with Gasteiger partial charge in [0.05, 0.1) is 5.60 Å². The van der Waals surface area contributed by atoms with Gasteiger partial charge in [-0.3, -0.25) is 0 Å². The van der Waals surface area contributed by atoms with Crippen LogP contribution in [0, 0.1) is 0 Å². The summed E-state index contributed by atoms with van der Waals surface area (Å²) in [6.07, 6.45) is 1.35. The fourth-order valence-corrected chi connectivity index (χ4v) is 0.320. The molecule has 0 fully saturated rings. The van der Waals surface area contributed by atoms with Crippen LogP contribution < -0.4 is 0 Å². The molecule has 0 spiro atoms. The molecule has 3 nitrogen and oxygen atoms in total. The predicted molar refractivity (Wildman–Crippen MR) is 47.5 cm³/mol. The third kappa shape index (κ3) is 4.70. The van der Waals surface area contributed by atoms with Gasteiger partial charge >= 0.3 is 0 Å². The molecule has 0 aliphatic heterocycles. The normalized spacial score (nSPS) is 17.5. The van der Waals surface area contributed by atoms with E-state index in [1.165, 1.54) is 0 Å². The summed E-state index contributed by atoms with van der Waals surface area (Å²) in [5.41, 5.74) is -0.334. The molecule has 0 aromatic carbocycles. The van der Waals surface area contributed by atoms with Crippen molar-refractivity contribution in [1.82, 2.24) is 0 Å². The molecule has 1 unspecified atom stereocenters. The maximum atomic E-state index is 9.43. The molecule has 3 heteroatoms. The van der Waals surface area contributed by atoms with E-state index in [0.717, 1.165) is 6.42 Å². The van der Waals surface area contributed by atoms with E-state index >= 15 is 0 Å². The van der Waals surface area contributed by atoms with Crippen LogP contribution in [0.5, 0.6) is 0 Å². The Morgan fingerprint density at radius 1 is 1.00 bits per heavy atom. The van der Waals surface area contributed by atoms with E-state index in [2.05, 4.69) is 0 Å². The van der Waals surface area contributed by atoms with Crippen LogP contribution in [0.25, 0.3) is 0 Å². The SMILES string of the molecule is CCC(C)(C)OOC(C)(O)CC. The first-order chi connectivity index (χ1) is 5.33. The minimum atomic E-state index is -1.17. The number of hydrogen-bond acceptors (Lipinski definition) is 3. The van der Waals surface area contributed by atoms with Gasteiger partial charge in [-0.25, -0.2) is 9.78 Å². The van der Waals surface area contributed by atoms with Gasteiger partial charge in [-0.15, -0.1) is 0 Å². The van der Waals surface area contributed by atoms with Crippen molar-refractivity contribution in [2.24, 2.45) is 0 Å². The first-order valence-electron chi connectivity index (χ1n) is 4.42. The van der Waals surface area contributed by atoms with E-state index in [0.29, 0.717) is 6.42 Å². The fourth-order valence-electron chi connectivity index (χ4n) is 0.320. The lowest BCUT2D eigenvalue weighted by Crippen LogP contribution is -2.33. The van der Waals surface area contributed by atoms with Crippen LogP contribution in [0.1, 0.15) is 47.5 Å². The van der Waals surface area contributed by atoms with Crippen molar-refractivity contribution < 1.29 is 14.9 Å². The van der Waals surface area contributed by atoms with E-state index in [1.54, 1.807) is 6.92 Å². The maximum absolute atomic E-state index is 9.43. The molecule has 0 rings (SSSR count). The van der Waals surface area contributed by atoms with Gasteiger partial charge in [0.1, 0.15) is 0 Å². The van der Waals surface area contributed by atoms with E-state index < -0.39 is 5.79 Å². The number of aliphatic hydroxyl groups is 1. The van der Waals surface area contributed by atoms with Gasteiger partial charge in [0, 0.05) is 6.42 Å². The summed E-state index contributed by atoms with van der Waals surface area (Å²) in [5, 5.41) is 9.43. The number of hydrogen-bond donors (Lipinski definition) is 1. The first-order valence-corrected chi connectivity index (χ1v) is 4.42. The zero-order valence-electron chi connectivity index (χ0n) is 8.68. The minimum absolute atomic E-state index is 0.334. The Morgan fingerprint density at radius 2 is 1.50 bits per heavy atom. The Hall–Kier alpha value is -0.120. The second-order valence-corrected chi connectivity index (χ2v) is 3.81. The van der Waals surface area contributed by atoms with Crippen LogP contribution in [-0.2, 0) is 9.78 Å². The van der Waals surface area contributed by atoms with Crippen molar-refractivity contribution in [3.8, 4) is 0 Å². The molecule has 0 heterocycles. The van der Waals surface area contributed by atoms with Crippen molar-refractivity contribution in [2.75, 3.05) is 0 Å². The van der Waals surface area contributed by atoms with Crippen LogP contribution in [0.2, 0.25) is 0 Å². The van der Waals surface area contributed by atoms with Crippen LogP contribution >= 0.6 is 0 Å². The molecule has 0 aromatic heterocycles. The average Bonchev–Trinajstić information content (AvgIpc) is 2.02. The lowest BCUT2D eigenvalue weighted by atomic mass is 10.1. The summed E-state index contributed by atoms with van der Waals surface area (Å²) in [7, 11) is 0. The highest BCUT2D eigenvalue weighted by atomic mass is 17.2. The summed E-state index contributed by atoms with van der Waals surface area (Å²) in [6, 6.07) is 0. The molecule has 0 aliphatic carbocycles. The molecule has 74 valence electrons. The van der Waals surface area contributed by atoms with E-state index in [1.807, 2.05) is 27.7 Å². The third-order valence-corrected chi connectivity index (χ3v) is 1.95. The Labute approximate surface area is 74.6 Å². The second kappa shape index (κ2) is 4.21. The highest BCUT2D eigenvalue weighted by Gasteiger charge is 2.25. The molecule has 1 N–H and O–H groups in total. The zero-order valence-corrected chi connectivity index (χ0v) is 8.68. The van der Waals surface area contributed by atoms with Crippen molar-refractivity contribution in [3.63, 3.8) is 0 Å². The summed E-state index contributed by atoms with van der Waals surface area (Å²) in [4.78, 5) is 9.97. The van der Waals surface area contributed by atoms with Crippen LogP contribution in [0.15, 0.2) is 0 Å². The smallest absolute Gasteiger partial charge is 0.196 e. The average molecular weight is 176 g/mol. The molecule has 0 aliphatic rings. The van der Waals surface area contributed by atoms with Crippen LogP contribution in [0.3, 0.4) is 0 Å². The maximum Gasteiger partial charge on any atom is 0.196 e. The van der Waals surface area contributed by atoms with E-state index in [9.17, 15) is 5.11 Å². The Morgan fingerprint density at radius 3 is 1.83 bits per heavy atom. The molecule has 0 amide bonds. The van der Waals surface area contributed by atoms with Crippen molar-refractivity contribution in [1.29, 1.82) is 0 Å². The largest absolute Gasteiger partial charge is 0.363 e. The van der Waals surface area contributed by atoms with Gasteiger partial charge in [-0.2, -0.15) is 0 Å². The van der Waals surface area contributed by atoms with Crippen LogP contribution in [-0.4, -0.2) is 16.5 Å². The van der Waals surface area contributed by atoms with Gasteiger partial charge in [-0.05, 0) is 27.2 Å². The first kappa shape index (κ1) is 11.9. The molecule has 0 radical (unpaired) electrons. The lowest BCUT2D eigenvalue weighted by molar-refractivity contribution is -0.450. The van der Waals surface area contributed by atoms with Gasteiger partial charge in [0.25, 0.3) is 0 Å². The monoisotopic (exact) mass is 176 g/mol. The van der Waals surface area contributed by atoms with E-state index in [-0.39, 0.29) is 5.60 Å². The van der Waals surface area contributed by atoms with Gasteiger partial charge < -0.3 is 5.11 Å². The van der Waals surface area contributed by atoms with Gasteiger partial charge in [-0.1, -0.05) is 13.8 Å². The summed E-state index contributed by atoms with van der Waals surface area (Å²) in [6.45, 7) is 9.25. The van der Waals surface area contributed by atoms with Crippen molar-refractivity contribution in [3.05, 3.63) is 0 Å². The quantitative estimate of drug-likeness (QED) is 0.396. The molecular weight excluding hydrogens is 156 g/mol. The zero-order chi connectivity index (χ0) is 9.83. The van der Waals surface area contributed by atoms with E-state index in [4.69, 9.17) is 9.78 Å². The number of rotatable bonds is 5. The molecule has 0 saturated heterocycles. The van der Waals surface area contributed by atoms with Gasteiger partial charge in [0.2, 0.25) is 0 Å². The molecule has 0 saturated carbocycles. The fraction of sp³-hybridized carbons (Fsp3) is 1.00. The molecule has 12 heavy (non-hydrogen) atoms. The Balaban J connectivity index is 3.82. The Bertz CT molecular complexity index is 114. The third-order valence-electron chi connectivity index (χ3n) is 1.95. The second-order valence-electron chi connectivity index (χ2n) is 3.81. The highest BCUT2D eigenvalue weighted by Crippen LogP contribution is 2.19. The topological polar surface area (TPSA) is 38.7 Å². The molecule has 0 aromatic rings. The van der Waals surface area contributed by atoms with Crippen molar-refractivity contribution in [2.45, 2.75) is 58.8 Å². The molecular formula is C9H20O3. The standard InChI is InChI=1S/C9H20O3/c1-6-8(3,4)11-12-9(5,10)7-2/h10H,6-7H2,1-5H3. The summed E-state index contributed by atoms with van der Waals surface area (Å²) < 4.78 is 0.